The number of fused-ring (bicyclic) bond motifs is 1. The molecule has 0 radical (unpaired) electrons. The third-order valence-corrected chi connectivity index (χ3v) is 2.31. The van der Waals surface area contributed by atoms with Crippen molar-refractivity contribution in [2.24, 2.45) is 0 Å². The molecule has 1 aromatic rings. The highest BCUT2D eigenvalue weighted by molar-refractivity contribution is 5.75. The van der Waals surface area contributed by atoms with E-state index in [1.165, 1.54) is 6.33 Å². The van der Waals surface area contributed by atoms with Crippen molar-refractivity contribution in [3.05, 3.63) is 6.33 Å². The van der Waals surface area contributed by atoms with E-state index >= 15 is 0 Å². The van der Waals surface area contributed by atoms with E-state index in [0.29, 0.717) is 11.9 Å². The van der Waals surface area contributed by atoms with Crippen LogP contribution in [0.5, 0.6) is 5.88 Å². The van der Waals surface area contributed by atoms with Crippen molar-refractivity contribution in [1.82, 2.24) is 9.97 Å². The van der Waals surface area contributed by atoms with Gasteiger partial charge < -0.3 is 15.0 Å². The molecule has 0 fully saturated rings. The van der Waals surface area contributed by atoms with Gasteiger partial charge in [-0.3, -0.25) is 0 Å². The predicted octanol–water partition coefficient (Wildman–Crippen LogP) is 1.08. The molecule has 2 heterocycles. The molecule has 1 aromatic heterocycles. The zero-order valence-electron chi connectivity index (χ0n) is 8.61. The van der Waals surface area contributed by atoms with Crippen LogP contribution in [0.15, 0.2) is 6.33 Å². The van der Waals surface area contributed by atoms with Crippen molar-refractivity contribution in [2.45, 2.75) is 19.9 Å². The normalized spacial score (nSPS) is 14.1. The summed E-state index contributed by atoms with van der Waals surface area (Å²) in [5, 5.41) is 3.23. The number of nitrogens with zero attached hydrogens (tertiary/aromatic N) is 3. The summed E-state index contributed by atoms with van der Waals surface area (Å²) in [6, 6.07) is 0.420. The maximum Gasteiger partial charge on any atom is 0.242 e. The van der Waals surface area contributed by atoms with E-state index in [0.717, 1.165) is 18.2 Å². The van der Waals surface area contributed by atoms with Crippen molar-refractivity contribution >= 4 is 11.5 Å². The third-order valence-electron chi connectivity index (χ3n) is 2.31. The van der Waals surface area contributed by atoms with Gasteiger partial charge in [0.15, 0.2) is 5.82 Å². The maximum absolute atomic E-state index is 5.14. The summed E-state index contributed by atoms with van der Waals surface area (Å²) in [5.74, 6) is 1.53. The molecule has 0 aliphatic carbocycles. The maximum atomic E-state index is 5.14. The second-order valence-corrected chi connectivity index (χ2v) is 3.48. The lowest BCUT2D eigenvalue weighted by molar-refractivity contribution is 0.399. The standard InChI is InChI=1S/C9H14N4O/c1-6(2)13-5-12-7-8(13)10-4-11-9(7)14-3/h4,6,12H,5H2,1-3H3. The van der Waals surface area contributed by atoms with E-state index in [9.17, 15) is 0 Å². The van der Waals surface area contributed by atoms with E-state index in [4.69, 9.17) is 4.74 Å². The summed E-state index contributed by atoms with van der Waals surface area (Å²) in [7, 11) is 1.61. The van der Waals surface area contributed by atoms with Crippen molar-refractivity contribution in [2.75, 3.05) is 24.0 Å². The van der Waals surface area contributed by atoms with E-state index in [1.54, 1.807) is 7.11 Å². The second-order valence-electron chi connectivity index (χ2n) is 3.48. The monoisotopic (exact) mass is 194 g/mol. The van der Waals surface area contributed by atoms with Crippen LogP contribution in [-0.4, -0.2) is 29.8 Å². The Morgan fingerprint density at radius 2 is 2.29 bits per heavy atom. The number of hydrogen-bond donors (Lipinski definition) is 1. The first-order valence-electron chi connectivity index (χ1n) is 4.63. The molecule has 0 aromatic carbocycles. The molecule has 2 rings (SSSR count). The third kappa shape index (κ3) is 1.25. The summed E-state index contributed by atoms with van der Waals surface area (Å²) in [6.45, 7) is 5.03. The topological polar surface area (TPSA) is 50.3 Å². The molecule has 0 bridgehead atoms. The van der Waals surface area contributed by atoms with Crippen LogP contribution in [0.25, 0.3) is 0 Å². The van der Waals surface area contributed by atoms with Crippen LogP contribution in [0.2, 0.25) is 0 Å². The molecule has 0 saturated heterocycles. The van der Waals surface area contributed by atoms with Crippen LogP contribution < -0.4 is 15.0 Å². The van der Waals surface area contributed by atoms with Gasteiger partial charge in [-0.1, -0.05) is 0 Å². The second kappa shape index (κ2) is 3.32. The molecule has 0 saturated carbocycles. The number of nitrogens with one attached hydrogen (secondary N) is 1. The molecule has 0 amide bonds. The Labute approximate surface area is 83.1 Å². The van der Waals surface area contributed by atoms with Crippen LogP contribution in [0.4, 0.5) is 11.5 Å². The molecule has 5 nitrogen and oxygen atoms in total. The summed E-state index contributed by atoms with van der Waals surface area (Å²) in [5.41, 5.74) is 0.892. The van der Waals surface area contributed by atoms with Gasteiger partial charge in [0.2, 0.25) is 5.88 Å². The Bertz CT molecular complexity index is 340. The fourth-order valence-corrected chi connectivity index (χ4v) is 1.55. The van der Waals surface area contributed by atoms with Gasteiger partial charge in [-0.15, -0.1) is 0 Å². The first-order chi connectivity index (χ1) is 6.74. The fourth-order valence-electron chi connectivity index (χ4n) is 1.55. The summed E-state index contributed by atoms with van der Waals surface area (Å²) >= 11 is 0. The number of anilines is 2. The Morgan fingerprint density at radius 3 is 2.93 bits per heavy atom. The van der Waals surface area contributed by atoms with Gasteiger partial charge in [0.1, 0.15) is 12.0 Å². The highest BCUT2D eigenvalue weighted by Crippen LogP contribution is 2.35. The predicted molar refractivity (Wildman–Crippen MR) is 54.7 cm³/mol. The molecule has 14 heavy (non-hydrogen) atoms. The molecule has 0 unspecified atom stereocenters. The number of rotatable bonds is 2. The Balaban J connectivity index is 2.41. The van der Waals surface area contributed by atoms with Crippen molar-refractivity contribution < 1.29 is 4.74 Å². The first-order valence-corrected chi connectivity index (χ1v) is 4.63. The van der Waals surface area contributed by atoms with Crippen molar-refractivity contribution in [3.8, 4) is 5.88 Å². The first kappa shape index (κ1) is 9.05. The highest BCUT2D eigenvalue weighted by Gasteiger charge is 2.25. The zero-order valence-corrected chi connectivity index (χ0v) is 8.61. The molecule has 1 aliphatic rings. The lowest BCUT2D eigenvalue weighted by atomic mass is 10.3. The SMILES string of the molecule is COc1ncnc2c1NCN2C(C)C. The number of hydrogen-bond acceptors (Lipinski definition) is 5. The summed E-state index contributed by atoms with van der Waals surface area (Å²) in [4.78, 5) is 10.4. The van der Waals surface area contributed by atoms with E-state index < -0.39 is 0 Å². The molecule has 5 heteroatoms. The Morgan fingerprint density at radius 1 is 1.50 bits per heavy atom. The van der Waals surface area contributed by atoms with Gasteiger partial charge in [-0.2, -0.15) is 4.98 Å². The Hall–Kier alpha value is -1.52. The van der Waals surface area contributed by atoms with Crippen molar-refractivity contribution in [3.63, 3.8) is 0 Å². The van der Waals surface area contributed by atoms with Gasteiger partial charge in [0, 0.05) is 6.04 Å². The lowest BCUT2D eigenvalue weighted by Gasteiger charge is -2.20. The smallest absolute Gasteiger partial charge is 0.242 e. The van der Waals surface area contributed by atoms with Crippen LogP contribution >= 0.6 is 0 Å². The summed E-state index contributed by atoms with van der Waals surface area (Å²) in [6.07, 6.45) is 1.53. The minimum atomic E-state index is 0.420. The van der Waals surface area contributed by atoms with E-state index in [-0.39, 0.29) is 0 Å². The van der Waals surface area contributed by atoms with Crippen LogP contribution in [-0.2, 0) is 0 Å². The molecule has 76 valence electrons. The molecule has 1 N–H and O–H groups in total. The lowest BCUT2D eigenvalue weighted by Crippen LogP contribution is -2.30. The minimum absolute atomic E-state index is 0.420. The minimum Gasteiger partial charge on any atom is -0.479 e. The number of methoxy groups -OCH3 is 1. The molecule has 1 aliphatic heterocycles. The summed E-state index contributed by atoms with van der Waals surface area (Å²) < 4.78 is 5.14. The van der Waals surface area contributed by atoms with Gasteiger partial charge in [0.05, 0.1) is 13.8 Å². The number of aromatic nitrogens is 2. The van der Waals surface area contributed by atoms with Gasteiger partial charge >= 0.3 is 0 Å². The molecular weight excluding hydrogens is 180 g/mol. The molecular formula is C9H14N4O. The van der Waals surface area contributed by atoms with Crippen molar-refractivity contribution in [1.29, 1.82) is 0 Å². The Kier molecular flexibility index (Phi) is 2.15. The average Bonchev–Trinajstić information content (AvgIpc) is 2.60. The number of ether oxygens (including phenoxy) is 1. The van der Waals surface area contributed by atoms with Gasteiger partial charge in [-0.25, -0.2) is 4.98 Å². The fraction of sp³-hybridized carbons (Fsp3) is 0.556. The molecule has 0 spiro atoms. The van der Waals surface area contributed by atoms with Crippen LogP contribution in [0, 0.1) is 0 Å². The van der Waals surface area contributed by atoms with Gasteiger partial charge in [0.25, 0.3) is 0 Å². The van der Waals surface area contributed by atoms with E-state index in [2.05, 4.69) is 34.0 Å². The zero-order chi connectivity index (χ0) is 10.1. The molecule has 0 atom stereocenters. The highest BCUT2D eigenvalue weighted by atomic mass is 16.5. The average molecular weight is 194 g/mol. The van der Waals surface area contributed by atoms with Gasteiger partial charge in [-0.05, 0) is 13.8 Å². The largest absolute Gasteiger partial charge is 0.479 e. The quantitative estimate of drug-likeness (QED) is 0.763. The van der Waals surface area contributed by atoms with Crippen LogP contribution in [0.3, 0.4) is 0 Å². The van der Waals surface area contributed by atoms with E-state index in [1.807, 2.05) is 0 Å². The van der Waals surface area contributed by atoms with Crippen LogP contribution in [0.1, 0.15) is 13.8 Å².